The van der Waals surface area contributed by atoms with Crippen LogP contribution in [0.15, 0.2) is 18.2 Å². The van der Waals surface area contributed by atoms with Gasteiger partial charge in [0.1, 0.15) is 5.82 Å². The summed E-state index contributed by atoms with van der Waals surface area (Å²) in [6.07, 6.45) is 0. The molecule has 1 heterocycles. The molecule has 0 atom stereocenters. The fourth-order valence-corrected chi connectivity index (χ4v) is 1.91. The summed E-state index contributed by atoms with van der Waals surface area (Å²) in [6, 6.07) is 7.61. The third-order valence-corrected chi connectivity index (χ3v) is 2.63. The Bertz CT molecular complexity index is 536. The highest BCUT2D eigenvalue weighted by atomic mass is 35.5. The van der Waals surface area contributed by atoms with Gasteiger partial charge in [-0.15, -0.1) is 11.6 Å². The SMILES string of the molecule is CCn1c(CCl)nc2cc(C#N)ccc21. The van der Waals surface area contributed by atoms with Gasteiger partial charge in [-0.2, -0.15) is 5.26 Å². The van der Waals surface area contributed by atoms with E-state index in [0.717, 1.165) is 23.4 Å². The molecular formula is C11H10ClN3. The van der Waals surface area contributed by atoms with Crippen LogP contribution < -0.4 is 0 Å². The van der Waals surface area contributed by atoms with E-state index in [1.54, 1.807) is 12.1 Å². The number of halogens is 1. The third kappa shape index (κ3) is 1.57. The molecule has 4 heteroatoms. The lowest BCUT2D eigenvalue weighted by atomic mass is 10.2. The van der Waals surface area contributed by atoms with Crippen molar-refractivity contribution in [2.45, 2.75) is 19.3 Å². The summed E-state index contributed by atoms with van der Waals surface area (Å²) < 4.78 is 2.06. The van der Waals surface area contributed by atoms with Gasteiger partial charge in [0.2, 0.25) is 0 Å². The number of benzene rings is 1. The first kappa shape index (κ1) is 10.0. The van der Waals surface area contributed by atoms with Crippen molar-refractivity contribution in [1.29, 1.82) is 5.26 Å². The second kappa shape index (κ2) is 3.92. The summed E-state index contributed by atoms with van der Waals surface area (Å²) >= 11 is 5.81. The highest BCUT2D eigenvalue weighted by molar-refractivity contribution is 6.16. The molecule has 0 aliphatic heterocycles. The first-order valence-corrected chi connectivity index (χ1v) is 5.28. The van der Waals surface area contributed by atoms with Crippen LogP contribution >= 0.6 is 11.6 Å². The molecule has 0 fully saturated rings. The predicted molar refractivity (Wildman–Crippen MR) is 59.7 cm³/mol. The lowest BCUT2D eigenvalue weighted by Crippen LogP contribution is -1.98. The van der Waals surface area contributed by atoms with Gasteiger partial charge in [-0.05, 0) is 25.1 Å². The van der Waals surface area contributed by atoms with Crippen molar-refractivity contribution in [2.24, 2.45) is 0 Å². The number of nitriles is 1. The van der Waals surface area contributed by atoms with Gasteiger partial charge in [0, 0.05) is 6.54 Å². The molecule has 2 rings (SSSR count). The smallest absolute Gasteiger partial charge is 0.124 e. The van der Waals surface area contributed by atoms with Crippen LogP contribution in [0.25, 0.3) is 11.0 Å². The van der Waals surface area contributed by atoms with Crippen LogP contribution in [0.4, 0.5) is 0 Å². The number of aromatic nitrogens is 2. The summed E-state index contributed by atoms with van der Waals surface area (Å²) in [7, 11) is 0. The van der Waals surface area contributed by atoms with Crippen molar-refractivity contribution in [3.63, 3.8) is 0 Å². The van der Waals surface area contributed by atoms with Gasteiger partial charge < -0.3 is 4.57 Å². The number of fused-ring (bicyclic) bond motifs is 1. The minimum Gasteiger partial charge on any atom is -0.327 e. The monoisotopic (exact) mass is 219 g/mol. The maximum atomic E-state index is 8.78. The summed E-state index contributed by atoms with van der Waals surface area (Å²) in [5.41, 5.74) is 2.50. The lowest BCUT2D eigenvalue weighted by molar-refractivity contribution is 0.747. The molecule has 0 aliphatic rings. The summed E-state index contributed by atoms with van der Waals surface area (Å²) in [5.74, 6) is 1.24. The molecule has 15 heavy (non-hydrogen) atoms. The Balaban J connectivity index is 2.72. The van der Waals surface area contributed by atoms with E-state index >= 15 is 0 Å². The molecule has 76 valence electrons. The Morgan fingerprint density at radius 2 is 2.33 bits per heavy atom. The van der Waals surface area contributed by atoms with Crippen molar-refractivity contribution in [3.8, 4) is 6.07 Å². The molecule has 0 N–H and O–H groups in total. The number of rotatable bonds is 2. The molecule has 0 spiro atoms. The van der Waals surface area contributed by atoms with Gasteiger partial charge in [-0.1, -0.05) is 0 Å². The highest BCUT2D eigenvalue weighted by Gasteiger charge is 2.08. The van der Waals surface area contributed by atoms with E-state index in [-0.39, 0.29) is 0 Å². The molecule has 2 aromatic rings. The zero-order valence-electron chi connectivity index (χ0n) is 8.37. The minimum atomic E-state index is 0.393. The van der Waals surface area contributed by atoms with Gasteiger partial charge in [-0.25, -0.2) is 4.98 Å². The van der Waals surface area contributed by atoms with E-state index in [2.05, 4.69) is 22.5 Å². The molecule has 0 aliphatic carbocycles. The number of nitrogens with zero attached hydrogens (tertiary/aromatic N) is 3. The summed E-state index contributed by atoms with van der Waals surface area (Å²) in [6.45, 7) is 2.89. The predicted octanol–water partition coefficient (Wildman–Crippen LogP) is 2.67. The van der Waals surface area contributed by atoms with E-state index in [0.29, 0.717) is 11.4 Å². The van der Waals surface area contributed by atoms with Crippen LogP contribution in [0.1, 0.15) is 18.3 Å². The number of hydrogen-bond donors (Lipinski definition) is 0. The molecule has 0 saturated heterocycles. The van der Waals surface area contributed by atoms with Crippen molar-refractivity contribution >= 4 is 22.6 Å². The molecule has 3 nitrogen and oxygen atoms in total. The molecule has 1 aromatic carbocycles. The fraction of sp³-hybridized carbons (Fsp3) is 0.273. The average Bonchev–Trinajstić information content (AvgIpc) is 2.65. The molecule has 0 unspecified atom stereocenters. The van der Waals surface area contributed by atoms with Crippen molar-refractivity contribution in [1.82, 2.24) is 9.55 Å². The van der Waals surface area contributed by atoms with Crippen molar-refractivity contribution in [2.75, 3.05) is 0 Å². The zero-order valence-corrected chi connectivity index (χ0v) is 9.12. The quantitative estimate of drug-likeness (QED) is 0.729. The van der Waals surface area contributed by atoms with Crippen LogP contribution in [-0.2, 0) is 12.4 Å². The van der Waals surface area contributed by atoms with E-state index in [4.69, 9.17) is 16.9 Å². The molecular weight excluding hydrogens is 210 g/mol. The Morgan fingerprint density at radius 3 is 2.93 bits per heavy atom. The van der Waals surface area contributed by atoms with Gasteiger partial charge in [0.25, 0.3) is 0 Å². The first-order valence-electron chi connectivity index (χ1n) is 4.75. The average molecular weight is 220 g/mol. The highest BCUT2D eigenvalue weighted by Crippen LogP contribution is 2.18. The second-order valence-electron chi connectivity index (χ2n) is 3.22. The number of imidazole rings is 1. The zero-order chi connectivity index (χ0) is 10.8. The van der Waals surface area contributed by atoms with Gasteiger partial charge in [0.15, 0.2) is 0 Å². The fourth-order valence-electron chi connectivity index (χ4n) is 1.70. The molecule has 0 saturated carbocycles. The Morgan fingerprint density at radius 1 is 1.53 bits per heavy atom. The maximum Gasteiger partial charge on any atom is 0.124 e. The lowest BCUT2D eigenvalue weighted by Gasteiger charge is -2.02. The van der Waals surface area contributed by atoms with E-state index < -0.39 is 0 Å². The molecule has 0 radical (unpaired) electrons. The Kier molecular flexibility index (Phi) is 2.61. The first-order chi connectivity index (χ1) is 7.30. The largest absolute Gasteiger partial charge is 0.327 e. The minimum absolute atomic E-state index is 0.393. The van der Waals surface area contributed by atoms with Crippen molar-refractivity contribution in [3.05, 3.63) is 29.6 Å². The summed E-state index contributed by atoms with van der Waals surface area (Å²) in [5, 5.41) is 8.78. The normalized spacial score (nSPS) is 10.5. The molecule has 0 bridgehead atoms. The number of hydrogen-bond acceptors (Lipinski definition) is 2. The van der Waals surface area contributed by atoms with Crippen LogP contribution in [0.5, 0.6) is 0 Å². The molecule has 1 aromatic heterocycles. The van der Waals surface area contributed by atoms with E-state index in [9.17, 15) is 0 Å². The number of alkyl halides is 1. The summed E-state index contributed by atoms with van der Waals surface area (Å²) in [4.78, 5) is 4.39. The third-order valence-electron chi connectivity index (χ3n) is 2.39. The second-order valence-corrected chi connectivity index (χ2v) is 3.49. The topological polar surface area (TPSA) is 41.6 Å². The Hall–Kier alpha value is -1.53. The Labute approximate surface area is 92.9 Å². The standard InChI is InChI=1S/C11H10ClN3/c1-2-15-10-4-3-8(7-13)5-9(10)14-11(15)6-12/h3-5H,2,6H2,1H3. The van der Waals surface area contributed by atoms with Crippen LogP contribution in [0, 0.1) is 11.3 Å². The number of aryl methyl sites for hydroxylation is 1. The van der Waals surface area contributed by atoms with Crippen molar-refractivity contribution < 1.29 is 0 Å². The van der Waals surface area contributed by atoms with Crippen LogP contribution in [0.2, 0.25) is 0 Å². The van der Waals surface area contributed by atoms with E-state index in [1.807, 2.05) is 6.07 Å². The van der Waals surface area contributed by atoms with Gasteiger partial charge in [-0.3, -0.25) is 0 Å². The van der Waals surface area contributed by atoms with Gasteiger partial charge >= 0.3 is 0 Å². The molecule has 0 amide bonds. The van der Waals surface area contributed by atoms with Gasteiger partial charge in [0.05, 0.1) is 28.5 Å². The van der Waals surface area contributed by atoms with E-state index in [1.165, 1.54) is 0 Å². The van der Waals surface area contributed by atoms with Crippen LogP contribution in [0.3, 0.4) is 0 Å². The van der Waals surface area contributed by atoms with Crippen LogP contribution in [-0.4, -0.2) is 9.55 Å². The maximum absolute atomic E-state index is 8.78.